The van der Waals surface area contributed by atoms with Crippen LogP contribution in [0, 0.1) is 0 Å². The predicted octanol–water partition coefficient (Wildman–Crippen LogP) is 0.373. The maximum atomic E-state index is 12.2. The number of ether oxygens (including phenoxy) is 1. The largest absolute Gasteiger partial charge is 0.395 e. The molecule has 0 radical (unpaired) electrons. The Labute approximate surface area is 109 Å². The Morgan fingerprint density at radius 3 is 2.83 bits per heavy atom. The number of rotatable bonds is 5. The summed E-state index contributed by atoms with van der Waals surface area (Å²) in [5.41, 5.74) is -0.188. The highest BCUT2D eigenvalue weighted by Crippen LogP contribution is 2.13. The lowest BCUT2D eigenvalue weighted by Crippen LogP contribution is -2.58. The summed E-state index contributed by atoms with van der Waals surface area (Å²) in [5.74, 6) is 0.0159. The standard InChI is InChI=1S/C13H26N2O3/c1-5-13(3,4)14-12(17)10(2)15-6-7-18-9-11(15)8-16/h10-11,16H,5-9H2,1-4H3,(H,14,17). The van der Waals surface area contributed by atoms with Gasteiger partial charge in [0.15, 0.2) is 0 Å². The molecule has 1 saturated heterocycles. The van der Waals surface area contributed by atoms with Crippen LogP contribution in [-0.4, -0.2) is 59.9 Å². The van der Waals surface area contributed by atoms with Gasteiger partial charge >= 0.3 is 0 Å². The minimum absolute atomic E-state index is 0.0159. The van der Waals surface area contributed by atoms with E-state index in [1.165, 1.54) is 0 Å². The van der Waals surface area contributed by atoms with Crippen LogP contribution in [0.15, 0.2) is 0 Å². The van der Waals surface area contributed by atoms with E-state index in [0.29, 0.717) is 19.8 Å². The van der Waals surface area contributed by atoms with Gasteiger partial charge in [-0.3, -0.25) is 9.69 Å². The van der Waals surface area contributed by atoms with Crippen molar-refractivity contribution in [1.82, 2.24) is 10.2 Å². The SMILES string of the molecule is CCC(C)(C)NC(=O)C(C)N1CCOCC1CO. The highest BCUT2D eigenvalue weighted by molar-refractivity contribution is 5.82. The molecule has 5 nitrogen and oxygen atoms in total. The second-order valence-electron chi connectivity index (χ2n) is 5.55. The first-order chi connectivity index (χ1) is 8.41. The average Bonchev–Trinajstić information content (AvgIpc) is 2.37. The molecule has 2 N–H and O–H groups in total. The minimum Gasteiger partial charge on any atom is -0.395 e. The molecule has 0 aliphatic carbocycles. The van der Waals surface area contributed by atoms with Crippen molar-refractivity contribution in [3.63, 3.8) is 0 Å². The maximum Gasteiger partial charge on any atom is 0.237 e. The Kier molecular flexibility index (Phi) is 5.56. The smallest absolute Gasteiger partial charge is 0.237 e. The normalized spacial score (nSPS) is 23.7. The van der Waals surface area contributed by atoms with E-state index in [4.69, 9.17) is 4.74 Å². The van der Waals surface area contributed by atoms with Crippen LogP contribution < -0.4 is 5.32 Å². The van der Waals surface area contributed by atoms with Gasteiger partial charge in [-0.1, -0.05) is 6.92 Å². The van der Waals surface area contributed by atoms with E-state index in [1.807, 2.05) is 25.7 Å². The molecule has 0 spiro atoms. The Morgan fingerprint density at radius 1 is 1.61 bits per heavy atom. The highest BCUT2D eigenvalue weighted by Gasteiger charge is 2.32. The Morgan fingerprint density at radius 2 is 2.28 bits per heavy atom. The van der Waals surface area contributed by atoms with Crippen LogP contribution in [-0.2, 0) is 9.53 Å². The number of carbonyl (C=O) groups excluding carboxylic acids is 1. The molecule has 2 atom stereocenters. The third-order valence-electron chi connectivity index (χ3n) is 3.71. The van der Waals surface area contributed by atoms with Crippen molar-refractivity contribution in [3.05, 3.63) is 0 Å². The molecule has 106 valence electrons. The van der Waals surface area contributed by atoms with Gasteiger partial charge in [0, 0.05) is 12.1 Å². The predicted molar refractivity (Wildman–Crippen MR) is 70.4 cm³/mol. The molecular formula is C13H26N2O3. The van der Waals surface area contributed by atoms with Crippen LogP contribution in [0.5, 0.6) is 0 Å². The Balaban J connectivity index is 2.61. The summed E-state index contributed by atoms with van der Waals surface area (Å²) < 4.78 is 5.32. The van der Waals surface area contributed by atoms with E-state index in [2.05, 4.69) is 12.2 Å². The fraction of sp³-hybridized carbons (Fsp3) is 0.923. The van der Waals surface area contributed by atoms with Crippen LogP contribution in [0.25, 0.3) is 0 Å². The molecule has 1 heterocycles. The lowest BCUT2D eigenvalue weighted by molar-refractivity contribution is -0.132. The van der Waals surface area contributed by atoms with E-state index in [-0.39, 0.29) is 30.1 Å². The van der Waals surface area contributed by atoms with Gasteiger partial charge in [-0.15, -0.1) is 0 Å². The van der Waals surface area contributed by atoms with Gasteiger partial charge in [0.1, 0.15) is 0 Å². The van der Waals surface area contributed by atoms with Crippen molar-refractivity contribution in [2.45, 2.75) is 51.7 Å². The van der Waals surface area contributed by atoms with Crippen LogP contribution in [0.4, 0.5) is 0 Å². The molecule has 1 fully saturated rings. The molecule has 1 amide bonds. The van der Waals surface area contributed by atoms with Gasteiger partial charge in [-0.2, -0.15) is 0 Å². The average molecular weight is 258 g/mol. The van der Waals surface area contributed by atoms with E-state index in [1.54, 1.807) is 0 Å². The molecule has 1 aliphatic rings. The summed E-state index contributed by atoms with van der Waals surface area (Å²) in [6, 6.07) is -0.318. The van der Waals surface area contributed by atoms with Crippen LogP contribution in [0.3, 0.4) is 0 Å². The number of aliphatic hydroxyl groups excluding tert-OH is 1. The minimum atomic E-state index is -0.239. The first-order valence-corrected chi connectivity index (χ1v) is 6.67. The number of morpholine rings is 1. The molecule has 18 heavy (non-hydrogen) atoms. The zero-order valence-electron chi connectivity index (χ0n) is 11.9. The molecule has 0 aromatic heterocycles. The van der Waals surface area contributed by atoms with Crippen LogP contribution in [0.2, 0.25) is 0 Å². The van der Waals surface area contributed by atoms with Gasteiger partial charge in [0.25, 0.3) is 0 Å². The molecule has 2 unspecified atom stereocenters. The number of aliphatic hydroxyl groups is 1. The molecule has 0 aromatic rings. The van der Waals surface area contributed by atoms with Crippen LogP contribution >= 0.6 is 0 Å². The first kappa shape index (κ1) is 15.4. The lowest BCUT2D eigenvalue weighted by Gasteiger charge is -2.39. The molecule has 1 aliphatic heterocycles. The third kappa shape index (κ3) is 3.93. The highest BCUT2D eigenvalue weighted by atomic mass is 16.5. The number of nitrogens with one attached hydrogen (secondary N) is 1. The number of nitrogens with zero attached hydrogens (tertiary/aromatic N) is 1. The van der Waals surface area contributed by atoms with Crippen molar-refractivity contribution >= 4 is 5.91 Å². The molecular weight excluding hydrogens is 232 g/mol. The zero-order chi connectivity index (χ0) is 13.8. The van der Waals surface area contributed by atoms with Gasteiger partial charge in [-0.25, -0.2) is 0 Å². The third-order valence-corrected chi connectivity index (χ3v) is 3.71. The summed E-state index contributed by atoms with van der Waals surface area (Å²) in [7, 11) is 0. The first-order valence-electron chi connectivity index (χ1n) is 6.67. The Bertz CT molecular complexity index is 281. The Hall–Kier alpha value is -0.650. The van der Waals surface area contributed by atoms with E-state index < -0.39 is 0 Å². The second-order valence-corrected chi connectivity index (χ2v) is 5.55. The molecule has 0 aromatic carbocycles. The maximum absolute atomic E-state index is 12.2. The van der Waals surface area contributed by atoms with Crippen molar-refractivity contribution < 1.29 is 14.6 Å². The summed E-state index contributed by atoms with van der Waals surface area (Å²) in [4.78, 5) is 14.2. The molecule has 5 heteroatoms. The summed E-state index contributed by atoms with van der Waals surface area (Å²) in [5, 5.41) is 12.4. The lowest BCUT2D eigenvalue weighted by atomic mass is 10.0. The molecule has 1 rings (SSSR count). The van der Waals surface area contributed by atoms with Gasteiger partial charge < -0.3 is 15.2 Å². The van der Waals surface area contributed by atoms with E-state index in [9.17, 15) is 9.90 Å². The fourth-order valence-corrected chi connectivity index (χ4v) is 2.01. The van der Waals surface area contributed by atoms with Crippen molar-refractivity contribution in [2.24, 2.45) is 0 Å². The summed E-state index contributed by atoms with van der Waals surface area (Å²) in [6.45, 7) is 9.78. The van der Waals surface area contributed by atoms with Crippen molar-refractivity contribution in [1.29, 1.82) is 0 Å². The quantitative estimate of drug-likeness (QED) is 0.748. The fourth-order valence-electron chi connectivity index (χ4n) is 2.01. The number of carbonyl (C=O) groups is 1. The van der Waals surface area contributed by atoms with E-state index >= 15 is 0 Å². The number of hydrogen-bond acceptors (Lipinski definition) is 4. The van der Waals surface area contributed by atoms with Gasteiger partial charge in [0.2, 0.25) is 5.91 Å². The van der Waals surface area contributed by atoms with Crippen molar-refractivity contribution in [2.75, 3.05) is 26.4 Å². The van der Waals surface area contributed by atoms with E-state index in [0.717, 1.165) is 6.42 Å². The molecule has 0 saturated carbocycles. The summed E-state index contributed by atoms with van der Waals surface area (Å²) in [6.07, 6.45) is 0.887. The molecule has 0 bridgehead atoms. The number of amides is 1. The summed E-state index contributed by atoms with van der Waals surface area (Å²) >= 11 is 0. The van der Waals surface area contributed by atoms with Crippen molar-refractivity contribution in [3.8, 4) is 0 Å². The van der Waals surface area contributed by atoms with Gasteiger partial charge in [-0.05, 0) is 27.2 Å². The second kappa shape index (κ2) is 6.50. The van der Waals surface area contributed by atoms with Gasteiger partial charge in [0.05, 0.1) is 31.9 Å². The monoisotopic (exact) mass is 258 g/mol. The zero-order valence-corrected chi connectivity index (χ0v) is 11.9. The number of hydrogen-bond donors (Lipinski definition) is 2. The topological polar surface area (TPSA) is 61.8 Å². The van der Waals surface area contributed by atoms with Crippen LogP contribution in [0.1, 0.15) is 34.1 Å².